The summed E-state index contributed by atoms with van der Waals surface area (Å²) in [6.07, 6.45) is 0.785. The Morgan fingerprint density at radius 3 is 2.60 bits per heavy atom. The molecule has 0 radical (unpaired) electrons. The lowest BCUT2D eigenvalue weighted by Crippen LogP contribution is -2.22. The third-order valence-corrected chi connectivity index (χ3v) is 3.74. The predicted molar refractivity (Wildman–Crippen MR) is 95.5 cm³/mol. The summed E-state index contributed by atoms with van der Waals surface area (Å²) >= 11 is 0. The summed E-state index contributed by atoms with van der Waals surface area (Å²) in [4.78, 5) is 11.9. The van der Waals surface area contributed by atoms with Gasteiger partial charge in [-0.3, -0.25) is 0 Å². The van der Waals surface area contributed by atoms with E-state index in [-0.39, 0.29) is 0 Å². The number of aliphatic carboxylic acids is 1. The number of rotatable bonds is 8. The van der Waals surface area contributed by atoms with Crippen molar-refractivity contribution in [3.8, 4) is 11.8 Å². The molecule has 0 bridgehead atoms. The number of nitrogens with two attached hydrogens (primary N) is 1. The Hall–Kier alpha value is -3.04. The summed E-state index contributed by atoms with van der Waals surface area (Å²) in [6, 6.07) is 13.2. The number of hydrogen-bond donors (Lipinski definition) is 3. The molecule has 0 amide bonds. The largest absolute Gasteiger partial charge is 0.492 e. The highest BCUT2D eigenvalue weighted by atomic mass is 16.5. The van der Waals surface area contributed by atoms with Crippen LogP contribution in [-0.4, -0.2) is 24.2 Å². The fraction of sp³-hybridized carbons (Fsp3) is 0.263. The number of carboxylic acids is 1. The van der Waals surface area contributed by atoms with Crippen LogP contribution in [0.1, 0.15) is 29.7 Å². The summed E-state index contributed by atoms with van der Waals surface area (Å²) in [5.41, 5.74) is 8.17. The maximum atomic E-state index is 11.9. The molecule has 1 atom stereocenters. The number of nitrogens with one attached hydrogen (secondary N) is 1. The smallest absolute Gasteiger partial charge is 0.330 e. The fourth-order valence-corrected chi connectivity index (χ4v) is 2.42. The Morgan fingerprint density at radius 2 is 2.04 bits per heavy atom. The number of anilines is 1. The summed E-state index contributed by atoms with van der Waals surface area (Å²) in [5, 5.41) is 21.6. The van der Waals surface area contributed by atoms with Crippen molar-refractivity contribution >= 4 is 11.7 Å². The lowest BCUT2D eigenvalue weighted by molar-refractivity contribution is -0.138. The van der Waals surface area contributed by atoms with Crippen LogP contribution in [0, 0.1) is 11.3 Å². The van der Waals surface area contributed by atoms with Gasteiger partial charge in [0.05, 0.1) is 11.6 Å². The Labute approximate surface area is 146 Å². The van der Waals surface area contributed by atoms with E-state index in [1.54, 1.807) is 30.3 Å². The average Bonchev–Trinajstić information content (AvgIpc) is 2.64. The Balaban J connectivity index is 2.37. The lowest BCUT2D eigenvalue weighted by Gasteiger charge is -2.20. The first-order valence-electron chi connectivity index (χ1n) is 8.04. The SMILES string of the molecule is CCc1ccc(OCCN)c(C(Nc2ccc(C#N)cc2)C(=O)O)c1. The zero-order valence-electron chi connectivity index (χ0n) is 14.0. The second-order valence-corrected chi connectivity index (χ2v) is 5.47. The topological polar surface area (TPSA) is 108 Å². The van der Waals surface area contributed by atoms with E-state index < -0.39 is 12.0 Å². The van der Waals surface area contributed by atoms with Gasteiger partial charge in [0.1, 0.15) is 12.4 Å². The van der Waals surface area contributed by atoms with Crippen LogP contribution < -0.4 is 15.8 Å². The van der Waals surface area contributed by atoms with Gasteiger partial charge in [0.2, 0.25) is 0 Å². The maximum Gasteiger partial charge on any atom is 0.330 e. The highest BCUT2D eigenvalue weighted by Crippen LogP contribution is 2.30. The minimum Gasteiger partial charge on any atom is -0.492 e. The van der Waals surface area contributed by atoms with E-state index in [0.29, 0.717) is 35.7 Å². The van der Waals surface area contributed by atoms with Gasteiger partial charge in [0.15, 0.2) is 6.04 Å². The number of benzene rings is 2. The molecule has 0 spiro atoms. The number of nitriles is 1. The van der Waals surface area contributed by atoms with Crippen molar-refractivity contribution < 1.29 is 14.6 Å². The van der Waals surface area contributed by atoms with Gasteiger partial charge in [-0.15, -0.1) is 0 Å². The second kappa shape index (κ2) is 8.71. The zero-order chi connectivity index (χ0) is 18.2. The number of aryl methyl sites for hydroxylation is 1. The molecule has 0 aliphatic heterocycles. The number of ether oxygens (including phenoxy) is 1. The molecule has 0 aliphatic carbocycles. The maximum absolute atomic E-state index is 11.9. The van der Waals surface area contributed by atoms with Gasteiger partial charge in [-0.05, 0) is 48.4 Å². The lowest BCUT2D eigenvalue weighted by atomic mass is 10.0. The molecule has 0 aromatic heterocycles. The standard InChI is InChI=1S/C19H21N3O3/c1-2-13-5-8-17(25-10-9-20)16(11-13)18(19(23)24)22-15-6-3-14(12-21)4-7-15/h3-8,11,18,22H,2,9-10,20H2,1H3,(H,23,24). The molecule has 6 nitrogen and oxygen atoms in total. The predicted octanol–water partition coefficient (Wildman–Crippen LogP) is 2.70. The van der Waals surface area contributed by atoms with E-state index in [1.807, 2.05) is 25.1 Å². The van der Waals surface area contributed by atoms with Crippen LogP contribution in [0.15, 0.2) is 42.5 Å². The fourth-order valence-electron chi connectivity index (χ4n) is 2.42. The van der Waals surface area contributed by atoms with Crippen molar-refractivity contribution in [2.45, 2.75) is 19.4 Å². The molecule has 2 rings (SSSR count). The Morgan fingerprint density at radius 1 is 1.32 bits per heavy atom. The minimum atomic E-state index is -1.02. The van der Waals surface area contributed by atoms with E-state index in [2.05, 4.69) is 5.32 Å². The van der Waals surface area contributed by atoms with Crippen LogP contribution in [0.2, 0.25) is 0 Å². The monoisotopic (exact) mass is 339 g/mol. The molecule has 0 fully saturated rings. The third kappa shape index (κ3) is 4.72. The Bertz CT molecular complexity index is 766. The van der Waals surface area contributed by atoms with Gasteiger partial charge in [0, 0.05) is 17.8 Å². The van der Waals surface area contributed by atoms with Crippen molar-refractivity contribution in [1.82, 2.24) is 0 Å². The van der Waals surface area contributed by atoms with Gasteiger partial charge >= 0.3 is 5.97 Å². The van der Waals surface area contributed by atoms with Gasteiger partial charge < -0.3 is 20.9 Å². The first-order chi connectivity index (χ1) is 12.1. The summed E-state index contributed by atoms with van der Waals surface area (Å²) < 4.78 is 5.62. The van der Waals surface area contributed by atoms with E-state index in [0.717, 1.165) is 12.0 Å². The van der Waals surface area contributed by atoms with Gasteiger partial charge in [0.25, 0.3) is 0 Å². The molecule has 130 valence electrons. The van der Waals surface area contributed by atoms with Crippen LogP contribution in [0.25, 0.3) is 0 Å². The molecule has 0 aliphatic rings. The van der Waals surface area contributed by atoms with E-state index in [1.165, 1.54) is 0 Å². The molecule has 0 saturated carbocycles. The van der Waals surface area contributed by atoms with Crippen LogP contribution in [0.4, 0.5) is 5.69 Å². The number of carbonyl (C=O) groups is 1. The molecule has 25 heavy (non-hydrogen) atoms. The van der Waals surface area contributed by atoms with E-state index in [4.69, 9.17) is 15.7 Å². The first-order valence-corrected chi connectivity index (χ1v) is 8.04. The third-order valence-electron chi connectivity index (χ3n) is 3.74. The summed E-state index contributed by atoms with van der Waals surface area (Å²) in [7, 11) is 0. The number of carboxylic acid groups (broad SMARTS) is 1. The molecular weight excluding hydrogens is 318 g/mol. The first kappa shape index (κ1) is 18.3. The molecule has 0 heterocycles. The highest BCUT2D eigenvalue weighted by molar-refractivity contribution is 5.80. The van der Waals surface area contributed by atoms with Crippen molar-refractivity contribution in [3.05, 3.63) is 59.2 Å². The van der Waals surface area contributed by atoms with Gasteiger partial charge in [-0.1, -0.05) is 13.0 Å². The molecule has 1 unspecified atom stereocenters. The molecule has 6 heteroatoms. The van der Waals surface area contributed by atoms with Crippen molar-refractivity contribution in [2.24, 2.45) is 5.73 Å². The quantitative estimate of drug-likeness (QED) is 0.682. The van der Waals surface area contributed by atoms with Gasteiger partial charge in [-0.2, -0.15) is 5.26 Å². The Kier molecular flexibility index (Phi) is 6.38. The highest BCUT2D eigenvalue weighted by Gasteiger charge is 2.24. The van der Waals surface area contributed by atoms with E-state index >= 15 is 0 Å². The average molecular weight is 339 g/mol. The molecule has 2 aromatic carbocycles. The molecule has 2 aromatic rings. The molecule has 0 saturated heterocycles. The van der Waals surface area contributed by atoms with Crippen LogP contribution in [0.5, 0.6) is 5.75 Å². The van der Waals surface area contributed by atoms with Gasteiger partial charge in [-0.25, -0.2) is 4.79 Å². The normalized spacial score (nSPS) is 11.4. The van der Waals surface area contributed by atoms with Crippen molar-refractivity contribution in [1.29, 1.82) is 5.26 Å². The number of hydrogen-bond acceptors (Lipinski definition) is 5. The molecule has 4 N–H and O–H groups in total. The van der Waals surface area contributed by atoms with Crippen LogP contribution >= 0.6 is 0 Å². The summed E-state index contributed by atoms with van der Waals surface area (Å²) in [5.74, 6) is -0.522. The molecular formula is C19H21N3O3. The van der Waals surface area contributed by atoms with Crippen molar-refractivity contribution in [3.63, 3.8) is 0 Å². The van der Waals surface area contributed by atoms with Crippen LogP contribution in [-0.2, 0) is 11.2 Å². The summed E-state index contributed by atoms with van der Waals surface area (Å²) in [6.45, 7) is 2.65. The zero-order valence-corrected chi connectivity index (χ0v) is 14.0. The van der Waals surface area contributed by atoms with Crippen molar-refractivity contribution in [2.75, 3.05) is 18.5 Å². The number of nitrogens with zero attached hydrogens (tertiary/aromatic N) is 1. The van der Waals surface area contributed by atoms with E-state index in [9.17, 15) is 9.90 Å². The minimum absolute atomic E-state index is 0.307. The second-order valence-electron chi connectivity index (χ2n) is 5.47. The van der Waals surface area contributed by atoms with Crippen LogP contribution in [0.3, 0.4) is 0 Å².